The van der Waals surface area contributed by atoms with Gasteiger partial charge in [0.25, 0.3) is 0 Å². The van der Waals surface area contributed by atoms with E-state index in [-0.39, 0.29) is 24.2 Å². The Bertz CT molecular complexity index is 792. The summed E-state index contributed by atoms with van der Waals surface area (Å²) in [6.07, 6.45) is 2.44. The SMILES string of the molecule is Cc1ccc(N2CCCC(NC(=O)CCc3ccccc3N)C2=O)cc1.Cl. The maximum Gasteiger partial charge on any atom is 0.249 e. The van der Waals surface area contributed by atoms with Gasteiger partial charge in [0.05, 0.1) is 0 Å². The molecular weight excluding hydrogens is 362 g/mol. The largest absolute Gasteiger partial charge is 0.399 e. The molecular formula is C21H26ClN3O2. The Morgan fingerprint density at radius 2 is 1.89 bits per heavy atom. The fourth-order valence-electron chi connectivity index (χ4n) is 3.27. The Labute approximate surface area is 166 Å². The minimum absolute atomic E-state index is 0. The first-order valence-electron chi connectivity index (χ1n) is 9.05. The van der Waals surface area contributed by atoms with Crippen molar-refractivity contribution in [2.45, 2.75) is 38.6 Å². The third kappa shape index (κ3) is 5.23. The summed E-state index contributed by atoms with van der Waals surface area (Å²) in [5.41, 5.74) is 9.61. The number of carbonyl (C=O) groups excluding carboxylic acids is 2. The molecule has 0 aromatic heterocycles. The van der Waals surface area contributed by atoms with Crippen molar-refractivity contribution in [3.63, 3.8) is 0 Å². The van der Waals surface area contributed by atoms with Crippen molar-refractivity contribution in [3.05, 3.63) is 59.7 Å². The molecule has 1 aliphatic rings. The Morgan fingerprint density at radius 1 is 1.19 bits per heavy atom. The van der Waals surface area contributed by atoms with Gasteiger partial charge >= 0.3 is 0 Å². The van der Waals surface area contributed by atoms with Crippen LogP contribution >= 0.6 is 12.4 Å². The summed E-state index contributed by atoms with van der Waals surface area (Å²) in [6, 6.07) is 15.0. The lowest BCUT2D eigenvalue weighted by molar-refractivity contribution is -0.128. The summed E-state index contributed by atoms with van der Waals surface area (Å²) in [4.78, 5) is 26.8. The standard InChI is InChI=1S/C21H25N3O2.ClH/c1-15-8-11-17(12-9-15)24-14-4-7-19(21(24)26)23-20(25)13-10-16-5-2-3-6-18(16)22;/h2-3,5-6,8-9,11-12,19H,4,7,10,13-14,22H2,1H3,(H,23,25);1H. The number of benzene rings is 2. The first kappa shape index (κ1) is 20.8. The molecule has 6 heteroatoms. The lowest BCUT2D eigenvalue weighted by Gasteiger charge is -2.32. The Kier molecular flexibility index (Phi) is 7.25. The molecule has 1 fully saturated rings. The molecule has 144 valence electrons. The van der Waals surface area contributed by atoms with Gasteiger partial charge in [0.2, 0.25) is 11.8 Å². The van der Waals surface area contributed by atoms with Crippen molar-refractivity contribution in [1.82, 2.24) is 5.32 Å². The van der Waals surface area contributed by atoms with Gasteiger partial charge in [0, 0.05) is 24.3 Å². The van der Waals surface area contributed by atoms with E-state index in [1.165, 1.54) is 0 Å². The number of carbonyl (C=O) groups is 2. The normalized spacial score (nSPS) is 16.6. The van der Waals surface area contributed by atoms with Crippen LogP contribution < -0.4 is 16.0 Å². The van der Waals surface area contributed by atoms with Crippen LogP contribution in [0.1, 0.15) is 30.4 Å². The maximum absolute atomic E-state index is 12.8. The van der Waals surface area contributed by atoms with Gasteiger partial charge in [-0.2, -0.15) is 0 Å². The number of nitrogens with two attached hydrogens (primary N) is 1. The van der Waals surface area contributed by atoms with Crippen molar-refractivity contribution in [3.8, 4) is 0 Å². The van der Waals surface area contributed by atoms with Crippen molar-refractivity contribution >= 4 is 35.6 Å². The summed E-state index contributed by atoms with van der Waals surface area (Å²) in [5, 5.41) is 2.90. The Morgan fingerprint density at radius 3 is 2.59 bits per heavy atom. The van der Waals surface area contributed by atoms with Gasteiger partial charge in [-0.05, 0) is 49.9 Å². The average Bonchev–Trinajstić information content (AvgIpc) is 2.64. The molecule has 2 amide bonds. The number of rotatable bonds is 5. The zero-order chi connectivity index (χ0) is 18.5. The van der Waals surface area contributed by atoms with E-state index >= 15 is 0 Å². The quantitative estimate of drug-likeness (QED) is 0.773. The van der Waals surface area contributed by atoms with Crippen LogP contribution in [0.5, 0.6) is 0 Å². The van der Waals surface area contributed by atoms with Gasteiger partial charge < -0.3 is 16.0 Å². The minimum Gasteiger partial charge on any atom is -0.399 e. The minimum atomic E-state index is -0.453. The fourth-order valence-corrected chi connectivity index (χ4v) is 3.27. The first-order chi connectivity index (χ1) is 12.5. The van der Waals surface area contributed by atoms with E-state index in [0.717, 1.165) is 23.2 Å². The van der Waals surface area contributed by atoms with E-state index in [1.807, 2.05) is 55.5 Å². The monoisotopic (exact) mass is 387 g/mol. The molecule has 1 saturated heterocycles. The number of nitrogen functional groups attached to an aromatic ring is 1. The summed E-state index contributed by atoms with van der Waals surface area (Å²) in [7, 11) is 0. The van der Waals surface area contributed by atoms with Crippen LogP contribution in [0.3, 0.4) is 0 Å². The van der Waals surface area contributed by atoms with Gasteiger partial charge in [-0.1, -0.05) is 35.9 Å². The van der Waals surface area contributed by atoms with E-state index < -0.39 is 6.04 Å². The summed E-state index contributed by atoms with van der Waals surface area (Å²) in [6.45, 7) is 2.71. The molecule has 0 radical (unpaired) electrons. The molecule has 3 rings (SSSR count). The molecule has 1 aliphatic heterocycles. The van der Waals surface area contributed by atoms with Crippen LogP contribution in [-0.2, 0) is 16.0 Å². The number of aryl methyl sites for hydroxylation is 2. The highest BCUT2D eigenvalue weighted by Gasteiger charge is 2.30. The number of anilines is 2. The highest BCUT2D eigenvalue weighted by Crippen LogP contribution is 2.22. The van der Waals surface area contributed by atoms with Gasteiger partial charge in [-0.25, -0.2) is 0 Å². The van der Waals surface area contributed by atoms with Gasteiger partial charge in [0.1, 0.15) is 6.04 Å². The average molecular weight is 388 g/mol. The summed E-state index contributed by atoms with van der Waals surface area (Å²) < 4.78 is 0. The molecule has 1 unspecified atom stereocenters. The van der Waals surface area contributed by atoms with E-state index in [2.05, 4.69) is 5.32 Å². The van der Waals surface area contributed by atoms with Crippen LogP contribution in [0, 0.1) is 6.92 Å². The smallest absolute Gasteiger partial charge is 0.249 e. The summed E-state index contributed by atoms with van der Waals surface area (Å²) >= 11 is 0. The van der Waals surface area contributed by atoms with Gasteiger partial charge in [-0.15, -0.1) is 12.4 Å². The number of hydrogen-bond acceptors (Lipinski definition) is 3. The molecule has 0 spiro atoms. The number of nitrogens with one attached hydrogen (secondary N) is 1. The lowest BCUT2D eigenvalue weighted by Crippen LogP contribution is -2.52. The highest BCUT2D eigenvalue weighted by molar-refractivity contribution is 5.99. The number of halogens is 1. The molecule has 2 aromatic carbocycles. The van der Waals surface area contributed by atoms with E-state index in [1.54, 1.807) is 4.90 Å². The van der Waals surface area contributed by atoms with Crippen molar-refractivity contribution < 1.29 is 9.59 Å². The zero-order valence-corrected chi connectivity index (χ0v) is 16.3. The first-order valence-corrected chi connectivity index (χ1v) is 9.05. The predicted molar refractivity (Wildman–Crippen MR) is 111 cm³/mol. The second kappa shape index (κ2) is 9.42. The van der Waals surface area contributed by atoms with Gasteiger partial charge in [-0.3, -0.25) is 9.59 Å². The number of amides is 2. The fraction of sp³-hybridized carbons (Fsp3) is 0.333. The van der Waals surface area contributed by atoms with E-state index in [0.29, 0.717) is 31.5 Å². The third-order valence-corrected chi connectivity index (χ3v) is 4.80. The van der Waals surface area contributed by atoms with Crippen LogP contribution in [0.15, 0.2) is 48.5 Å². The molecule has 27 heavy (non-hydrogen) atoms. The molecule has 1 atom stereocenters. The second-order valence-corrected chi connectivity index (χ2v) is 6.79. The Balaban J connectivity index is 0.00000261. The van der Waals surface area contributed by atoms with Crippen LogP contribution in [0.25, 0.3) is 0 Å². The second-order valence-electron chi connectivity index (χ2n) is 6.79. The lowest BCUT2D eigenvalue weighted by atomic mass is 10.0. The highest BCUT2D eigenvalue weighted by atomic mass is 35.5. The number of nitrogens with zero attached hydrogens (tertiary/aromatic N) is 1. The molecule has 3 N–H and O–H groups in total. The van der Waals surface area contributed by atoms with Gasteiger partial charge in [0.15, 0.2) is 0 Å². The molecule has 0 saturated carbocycles. The molecule has 0 aliphatic carbocycles. The molecule has 1 heterocycles. The number of para-hydroxylation sites is 1. The molecule has 2 aromatic rings. The van der Waals surface area contributed by atoms with Crippen molar-refractivity contribution in [2.75, 3.05) is 17.2 Å². The zero-order valence-electron chi connectivity index (χ0n) is 15.5. The van der Waals surface area contributed by atoms with Crippen LogP contribution in [0.4, 0.5) is 11.4 Å². The predicted octanol–water partition coefficient (Wildman–Crippen LogP) is 3.24. The number of piperidine rings is 1. The topological polar surface area (TPSA) is 75.4 Å². The van der Waals surface area contributed by atoms with Crippen LogP contribution in [-0.4, -0.2) is 24.4 Å². The van der Waals surface area contributed by atoms with Crippen molar-refractivity contribution in [2.24, 2.45) is 0 Å². The molecule has 5 nitrogen and oxygen atoms in total. The Hall–Kier alpha value is -2.53. The summed E-state index contributed by atoms with van der Waals surface area (Å²) in [5.74, 6) is -0.148. The van der Waals surface area contributed by atoms with Crippen LogP contribution in [0.2, 0.25) is 0 Å². The maximum atomic E-state index is 12.8. The van der Waals surface area contributed by atoms with E-state index in [9.17, 15) is 9.59 Å². The third-order valence-electron chi connectivity index (χ3n) is 4.80. The number of hydrogen-bond donors (Lipinski definition) is 2. The van der Waals surface area contributed by atoms with Crippen molar-refractivity contribution in [1.29, 1.82) is 0 Å². The molecule has 0 bridgehead atoms. The van der Waals surface area contributed by atoms with E-state index in [4.69, 9.17) is 5.73 Å².